The van der Waals surface area contributed by atoms with E-state index in [4.69, 9.17) is 0 Å². The number of alkyl halides is 5. The van der Waals surface area contributed by atoms with Crippen molar-refractivity contribution in [2.24, 2.45) is 0 Å². The Hall–Kier alpha value is -1.94. The summed E-state index contributed by atoms with van der Waals surface area (Å²) in [5, 5.41) is 12.2. The van der Waals surface area contributed by atoms with E-state index in [0.29, 0.717) is 0 Å². The maximum absolute atomic E-state index is 12.4. The van der Waals surface area contributed by atoms with Gasteiger partial charge in [-0.2, -0.15) is 17.6 Å². The van der Waals surface area contributed by atoms with Gasteiger partial charge in [-0.1, -0.05) is 32.4 Å². The molecule has 0 spiro atoms. The third kappa shape index (κ3) is 13.0. The molecule has 0 saturated carbocycles. The van der Waals surface area contributed by atoms with E-state index >= 15 is 0 Å². The number of amides is 1. The lowest BCUT2D eigenvalue weighted by Crippen LogP contribution is -2.38. The highest BCUT2D eigenvalue weighted by molar-refractivity contribution is 5.77. The smallest absolute Gasteiger partial charge is 0.387 e. The summed E-state index contributed by atoms with van der Waals surface area (Å²) in [6, 6.07) is 4.00. The Morgan fingerprint density at radius 3 is 2.38 bits per heavy atom. The lowest BCUT2D eigenvalue weighted by Gasteiger charge is -2.24. The number of benzene rings is 1. The van der Waals surface area contributed by atoms with Crippen LogP contribution in [0.25, 0.3) is 0 Å². The Morgan fingerprint density at radius 2 is 1.86 bits per heavy atom. The van der Waals surface area contributed by atoms with E-state index in [9.17, 15) is 31.9 Å². The molecule has 2 atom stereocenters. The zero-order valence-corrected chi connectivity index (χ0v) is 16.6. The van der Waals surface area contributed by atoms with Gasteiger partial charge in [0.1, 0.15) is 5.75 Å². The minimum absolute atomic E-state index is 0. The summed E-state index contributed by atoms with van der Waals surface area (Å²) in [6.45, 7) is -2.16. The van der Waals surface area contributed by atoms with Crippen LogP contribution >= 0.6 is 0 Å². The number of rotatable bonds is 11. The van der Waals surface area contributed by atoms with Crippen molar-refractivity contribution in [2.45, 2.75) is 64.9 Å². The van der Waals surface area contributed by atoms with Crippen LogP contribution in [0.3, 0.4) is 0 Å². The van der Waals surface area contributed by atoms with Crippen LogP contribution in [-0.2, 0) is 9.53 Å². The van der Waals surface area contributed by atoms with Crippen molar-refractivity contribution < 1.29 is 44.2 Å². The molecule has 1 amide bonds. The summed E-state index contributed by atoms with van der Waals surface area (Å²) >= 11 is 0. The lowest BCUT2D eigenvalue weighted by molar-refractivity contribution is -0.140. The molecule has 2 N–H and O–H groups in total. The van der Waals surface area contributed by atoms with Gasteiger partial charge in [0.25, 0.3) is 0 Å². The van der Waals surface area contributed by atoms with Gasteiger partial charge in [-0.25, -0.2) is 0 Å². The van der Waals surface area contributed by atoms with Gasteiger partial charge in [0, 0.05) is 9.27 Å². The molecule has 0 aliphatic carbocycles. The Balaban J connectivity index is -0.00000148. The van der Waals surface area contributed by atoms with Crippen molar-refractivity contribution in [3.05, 3.63) is 29.8 Å². The van der Waals surface area contributed by atoms with Crippen molar-refractivity contribution in [3.8, 4) is 5.75 Å². The SMILES string of the molecule is CC(O)(CCF)CC(=O)N[C@@H](COC(F)F)c1cccc(OC(F)F)c1.CCC.[HH].[HH]. The van der Waals surface area contributed by atoms with Gasteiger partial charge < -0.3 is 19.9 Å². The first-order valence-corrected chi connectivity index (χ1v) is 9.06. The summed E-state index contributed by atoms with van der Waals surface area (Å²) in [7, 11) is 0. The zero-order valence-electron chi connectivity index (χ0n) is 16.6. The van der Waals surface area contributed by atoms with E-state index in [0.717, 1.165) is 6.07 Å². The van der Waals surface area contributed by atoms with Crippen LogP contribution in [0.4, 0.5) is 22.0 Å². The van der Waals surface area contributed by atoms with E-state index in [-0.39, 0.29) is 20.6 Å². The third-order valence-electron chi connectivity index (χ3n) is 3.38. The average Bonchev–Trinajstić information content (AvgIpc) is 2.58. The Morgan fingerprint density at radius 1 is 1.24 bits per heavy atom. The predicted octanol–water partition coefficient (Wildman–Crippen LogP) is 5.09. The van der Waals surface area contributed by atoms with E-state index in [2.05, 4.69) is 28.6 Å². The lowest BCUT2D eigenvalue weighted by atomic mass is 9.98. The average molecular weight is 433 g/mol. The van der Waals surface area contributed by atoms with Crippen LogP contribution in [0.15, 0.2) is 24.3 Å². The van der Waals surface area contributed by atoms with E-state index in [1.807, 2.05) is 0 Å². The molecule has 0 bridgehead atoms. The van der Waals surface area contributed by atoms with Gasteiger partial charge >= 0.3 is 13.2 Å². The molecule has 0 radical (unpaired) electrons. The molecule has 29 heavy (non-hydrogen) atoms. The molecule has 0 aliphatic heterocycles. The molecule has 0 aliphatic rings. The second kappa shape index (κ2) is 14.1. The third-order valence-corrected chi connectivity index (χ3v) is 3.38. The minimum Gasteiger partial charge on any atom is -0.435 e. The zero-order chi connectivity index (χ0) is 22.4. The maximum Gasteiger partial charge on any atom is 0.387 e. The van der Waals surface area contributed by atoms with Crippen molar-refractivity contribution in [3.63, 3.8) is 0 Å². The summed E-state index contributed by atoms with van der Waals surface area (Å²) in [4.78, 5) is 12.0. The predicted molar refractivity (Wildman–Crippen MR) is 102 cm³/mol. The van der Waals surface area contributed by atoms with Crippen LogP contribution < -0.4 is 10.1 Å². The Bertz CT molecular complexity index is 598. The molecule has 0 saturated heterocycles. The number of carbonyl (C=O) groups is 1. The van der Waals surface area contributed by atoms with Crippen molar-refractivity contribution in [2.75, 3.05) is 13.3 Å². The van der Waals surface area contributed by atoms with Crippen molar-refractivity contribution >= 4 is 5.91 Å². The molecule has 0 heterocycles. The number of carbonyl (C=O) groups excluding carboxylic acids is 1. The molecule has 0 fully saturated rings. The molecular weight excluding hydrogens is 401 g/mol. The molecule has 1 aromatic rings. The maximum atomic E-state index is 12.4. The number of hydrogen-bond acceptors (Lipinski definition) is 4. The van der Waals surface area contributed by atoms with E-state index in [1.165, 1.54) is 31.5 Å². The normalized spacial score (nSPS) is 14.0. The van der Waals surface area contributed by atoms with Crippen LogP contribution in [0.5, 0.6) is 5.75 Å². The van der Waals surface area contributed by atoms with Crippen LogP contribution in [0.1, 0.15) is 54.5 Å². The Labute approximate surface area is 170 Å². The highest BCUT2D eigenvalue weighted by Gasteiger charge is 2.26. The van der Waals surface area contributed by atoms with Gasteiger partial charge in [0.15, 0.2) is 0 Å². The molecule has 0 aromatic heterocycles. The van der Waals surface area contributed by atoms with Crippen molar-refractivity contribution in [1.29, 1.82) is 0 Å². The highest BCUT2D eigenvalue weighted by atomic mass is 19.3. The minimum atomic E-state index is -3.11. The first-order chi connectivity index (χ1) is 13.5. The summed E-state index contributed by atoms with van der Waals surface area (Å²) in [5.41, 5.74) is -1.43. The monoisotopic (exact) mass is 433 g/mol. The first-order valence-electron chi connectivity index (χ1n) is 9.06. The van der Waals surface area contributed by atoms with Crippen molar-refractivity contribution in [1.82, 2.24) is 5.32 Å². The standard InChI is InChI=1S/C16H20F5NO4.C3H8.2H2/c1-16(24,5-6-17)8-13(23)22-12(9-25-14(18)19)10-3-2-4-11(7-10)26-15(20)21;1-3-2;;/h2-4,7,12,14-15,24H,5-6,8-9H2,1H3,(H,22,23);3H2,1-2H3;2*1H/t12-,16?;;;/m0.../s1. The molecule has 1 unspecified atom stereocenters. The topological polar surface area (TPSA) is 67.8 Å². The van der Waals surface area contributed by atoms with Crippen LogP contribution in [-0.4, -0.2) is 43.1 Å². The quantitative estimate of drug-likeness (QED) is 0.477. The van der Waals surface area contributed by atoms with E-state index in [1.54, 1.807) is 0 Å². The number of aliphatic hydroxyl groups is 1. The van der Waals surface area contributed by atoms with E-state index < -0.39 is 50.5 Å². The molecule has 1 rings (SSSR count). The van der Waals surface area contributed by atoms with Crippen LogP contribution in [0, 0.1) is 0 Å². The molecule has 5 nitrogen and oxygen atoms in total. The van der Waals surface area contributed by atoms with Crippen LogP contribution in [0.2, 0.25) is 0 Å². The molecule has 1 aromatic carbocycles. The number of nitrogens with one attached hydrogen (secondary N) is 1. The number of ether oxygens (including phenoxy) is 2. The second-order valence-electron chi connectivity index (χ2n) is 6.48. The van der Waals surface area contributed by atoms with Gasteiger partial charge in [0.05, 0.1) is 31.3 Å². The molecular formula is C19H32F5NO4. The molecule has 172 valence electrons. The summed E-state index contributed by atoms with van der Waals surface area (Å²) in [6.07, 6.45) is 0.492. The van der Waals surface area contributed by atoms with Gasteiger partial charge in [-0.3, -0.25) is 9.18 Å². The fraction of sp³-hybridized carbons (Fsp3) is 0.632. The first kappa shape index (κ1) is 27.1. The fourth-order valence-electron chi connectivity index (χ4n) is 2.18. The van der Waals surface area contributed by atoms with Gasteiger partial charge in [-0.15, -0.1) is 0 Å². The summed E-state index contributed by atoms with van der Waals surface area (Å²) < 4.78 is 70.0. The highest BCUT2D eigenvalue weighted by Crippen LogP contribution is 2.23. The molecule has 10 heteroatoms. The van der Waals surface area contributed by atoms with Gasteiger partial charge in [-0.05, 0) is 24.6 Å². The summed E-state index contributed by atoms with van der Waals surface area (Å²) in [5.74, 6) is -0.968. The number of halogens is 5. The fourth-order valence-corrected chi connectivity index (χ4v) is 2.18. The van der Waals surface area contributed by atoms with Gasteiger partial charge in [0.2, 0.25) is 5.91 Å². The number of hydrogen-bond donors (Lipinski definition) is 2. The Kier molecular flexibility index (Phi) is 13.2. The largest absolute Gasteiger partial charge is 0.435 e. The second-order valence-corrected chi connectivity index (χ2v) is 6.48.